The van der Waals surface area contributed by atoms with Crippen LogP contribution < -0.4 is 0 Å². The number of rotatable bonds is 4. The summed E-state index contributed by atoms with van der Waals surface area (Å²) >= 11 is -0.774. The number of hydrogen-bond acceptors (Lipinski definition) is 4. The van der Waals surface area contributed by atoms with Gasteiger partial charge in [0.2, 0.25) is 0 Å². The maximum atomic E-state index is 5.92. The fraction of sp³-hybridized carbons (Fsp3) is 0.833. The molecule has 0 aliphatic rings. The fourth-order valence-electron chi connectivity index (χ4n) is 0.776. The maximum absolute atomic E-state index is 5.92. The van der Waals surface area contributed by atoms with E-state index in [1.807, 2.05) is 0 Å². The van der Waals surface area contributed by atoms with Crippen molar-refractivity contribution in [2.24, 2.45) is 3.21 Å². The van der Waals surface area contributed by atoms with E-state index in [0.29, 0.717) is 0 Å². The Labute approximate surface area is 89.3 Å². The molecule has 0 fully saturated rings. The molecule has 0 aliphatic heterocycles. The molecule has 0 saturated carbocycles. The molecule has 3 nitrogen and oxygen atoms in total. The summed E-state index contributed by atoms with van der Waals surface area (Å²) < 4.78 is 15.4. The van der Waals surface area contributed by atoms with E-state index in [9.17, 15) is 0 Å². The standard InChI is InChI=1S/CNS.CH3O.4CH3.O.2Sn/c2-1-3;1-2;;;;;;;/h;1H3;4*1H3;;;/q2*-1;;;;;;2*+1. The van der Waals surface area contributed by atoms with Gasteiger partial charge in [0.1, 0.15) is 0 Å². The second-order valence-electron chi connectivity index (χ2n) is 3.36. The van der Waals surface area contributed by atoms with Gasteiger partial charge in [-0.15, -0.1) is 0 Å². The first-order valence-corrected chi connectivity index (χ1v) is 20.3. The van der Waals surface area contributed by atoms with Gasteiger partial charge in [0.15, 0.2) is 0 Å². The third-order valence-corrected chi connectivity index (χ3v) is 28.3. The first-order valence-electron chi connectivity index (χ1n) is 3.67. The van der Waals surface area contributed by atoms with Gasteiger partial charge in [0.25, 0.3) is 0 Å². The Hall–Kier alpha value is 1.32. The minimum atomic E-state index is -2.70. The number of isothiocyanates is 1. The molecule has 0 radical (unpaired) electrons. The summed E-state index contributed by atoms with van der Waals surface area (Å²) in [5.41, 5.74) is 0. The van der Waals surface area contributed by atoms with Crippen molar-refractivity contribution in [3.05, 3.63) is 0 Å². The third-order valence-electron chi connectivity index (χ3n) is 1.30. The van der Waals surface area contributed by atoms with Crippen LogP contribution in [-0.4, -0.2) is 50.5 Å². The Morgan fingerprint density at radius 2 is 1.75 bits per heavy atom. The van der Waals surface area contributed by atoms with E-state index in [1.54, 1.807) is 7.11 Å². The molecule has 0 aromatic heterocycles. The summed E-state index contributed by atoms with van der Waals surface area (Å²) in [7, 11) is 1.71. The van der Waals surface area contributed by atoms with E-state index in [-0.39, 0.29) is 0 Å². The third kappa shape index (κ3) is 5.88. The molecule has 0 aromatic carbocycles. The number of nitrogens with zero attached hydrogens (tertiary/aromatic N) is 1. The van der Waals surface area contributed by atoms with E-state index in [4.69, 9.17) is 4.49 Å². The van der Waals surface area contributed by atoms with Crippen molar-refractivity contribution in [2.45, 2.75) is 19.8 Å². The molecule has 0 heterocycles. The first kappa shape index (κ1) is 13.3. The summed E-state index contributed by atoms with van der Waals surface area (Å²) in [4.78, 5) is 8.27. The Bertz CT molecular complexity index is 202. The minimum absolute atomic E-state index is 1.71. The summed E-state index contributed by atoms with van der Waals surface area (Å²) in [5.74, 6) is 0. The molecule has 12 heavy (non-hydrogen) atoms. The van der Waals surface area contributed by atoms with Gasteiger partial charge in [0, 0.05) is 0 Å². The molecular formula is C6H15NO2SSn2. The average molecular weight is 403 g/mol. The molecule has 0 atom stereocenters. The normalized spacial score (nSPS) is 12.4. The van der Waals surface area contributed by atoms with Gasteiger partial charge in [-0.2, -0.15) is 0 Å². The zero-order valence-corrected chi connectivity index (χ0v) is 14.7. The molecule has 0 rings (SSSR count). The van der Waals surface area contributed by atoms with E-state index in [0.717, 1.165) is 0 Å². The number of hydrogen-bond donors (Lipinski definition) is 0. The summed E-state index contributed by atoms with van der Waals surface area (Å²) in [6, 6.07) is 0. The Morgan fingerprint density at radius 3 is 2.08 bits per heavy atom. The fourth-order valence-corrected chi connectivity index (χ4v) is 32.2. The van der Waals surface area contributed by atoms with E-state index < -0.39 is 38.3 Å². The summed E-state index contributed by atoms with van der Waals surface area (Å²) in [6.07, 6.45) is 0. The van der Waals surface area contributed by atoms with Crippen LogP contribution in [0, 0.1) is 0 Å². The van der Waals surface area contributed by atoms with Gasteiger partial charge in [-0.3, -0.25) is 0 Å². The Morgan fingerprint density at radius 1 is 1.25 bits per heavy atom. The molecular weight excluding hydrogens is 388 g/mol. The van der Waals surface area contributed by atoms with Crippen LogP contribution in [0.2, 0.25) is 19.8 Å². The van der Waals surface area contributed by atoms with Crippen LogP contribution in [0.4, 0.5) is 0 Å². The van der Waals surface area contributed by atoms with Gasteiger partial charge < -0.3 is 0 Å². The predicted octanol–water partition coefficient (Wildman–Crippen LogP) is 2.16. The second kappa shape index (κ2) is 5.26. The van der Waals surface area contributed by atoms with Gasteiger partial charge in [-0.1, -0.05) is 0 Å². The van der Waals surface area contributed by atoms with Crippen molar-refractivity contribution >= 4 is 55.6 Å². The molecule has 0 aliphatic carbocycles. The van der Waals surface area contributed by atoms with Crippen LogP contribution in [-0.2, 0) is 4.49 Å². The summed E-state index contributed by atoms with van der Waals surface area (Å²) in [5, 5.41) is 2.41. The molecule has 70 valence electrons. The van der Waals surface area contributed by atoms with Crippen molar-refractivity contribution in [3.63, 3.8) is 0 Å². The Kier molecular flexibility index (Phi) is 5.84. The molecule has 0 amide bonds. The van der Waals surface area contributed by atoms with Crippen LogP contribution in [0.5, 0.6) is 0 Å². The van der Waals surface area contributed by atoms with Crippen LogP contribution in [0.1, 0.15) is 0 Å². The molecule has 0 aromatic rings. The molecule has 0 N–H and O–H groups in total. The van der Waals surface area contributed by atoms with Crippen LogP contribution in [0.25, 0.3) is 0 Å². The van der Waals surface area contributed by atoms with Crippen molar-refractivity contribution in [1.82, 2.24) is 0 Å². The predicted molar refractivity (Wildman–Crippen MR) is 58.1 cm³/mol. The topological polar surface area (TPSA) is 30.8 Å². The van der Waals surface area contributed by atoms with E-state index in [2.05, 4.69) is 40.4 Å². The van der Waals surface area contributed by atoms with Gasteiger partial charge in [0.05, 0.1) is 0 Å². The SMILES string of the molecule is C[O][Sn]([CH3])([CH3])[O][Sn]([CH3])([CH3])[N]=C=S. The van der Waals surface area contributed by atoms with Crippen LogP contribution >= 0.6 is 12.2 Å². The van der Waals surface area contributed by atoms with Crippen molar-refractivity contribution in [1.29, 1.82) is 0 Å². The first-order chi connectivity index (χ1) is 5.33. The van der Waals surface area contributed by atoms with Gasteiger partial charge in [-0.25, -0.2) is 0 Å². The number of thiocarbonyl (C=S) groups is 1. The monoisotopic (exact) mass is 405 g/mol. The molecule has 0 bridgehead atoms. The van der Waals surface area contributed by atoms with Crippen molar-refractivity contribution < 1.29 is 4.49 Å². The summed E-state index contributed by atoms with van der Waals surface area (Å²) in [6.45, 7) is 0. The van der Waals surface area contributed by atoms with E-state index >= 15 is 0 Å². The van der Waals surface area contributed by atoms with Crippen LogP contribution in [0.15, 0.2) is 3.21 Å². The molecule has 0 unspecified atom stereocenters. The molecule has 0 saturated heterocycles. The Balaban J connectivity index is 4.32. The van der Waals surface area contributed by atoms with Gasteiger partial charge >= 0.3 is 90.2 Å². The van der Waals surface area contributed by atoms with E-state index in [1.165, 1.54) is 0 Å². The van der Waals surface area contributed by atoms with Crippen molar-refractivity contribution in [3.8, 4) is 0 Å². The van der Waals surface area contributed by atoms with Crippen LogP contribution in [0.3, 0.4) is 0 Å². The molecule has 0 spiro atoms. The quantitative estimate of drug-likeness (QED) is 0.410. The molecule has 6 heteroatoms. The zero-order chi connectivity index (χ0) is 9.83. The average Bonchev–Trinajstić information content (AvgIpc) is 1.85. The van der Waals surface area contributed by atoms with Crippen molar-refractivity contribution in [2.75, 3.05) is 7.11 Å². The second-order valence-corrected chi connectivity index (χ2v) is 26.1. The van der Waals surface area contributed by atoms with Gasteiger partial charge in [-0.05, 0) is 0 Å². The zero-order valence-electron chi connectivity index (χ0n) is 8.17.